The largest absolute Gasteiger partial charge is 0.343 e. The van der Waals surface area contributed by atoms with Crippen molar-refractivity contribution in [3.05, 3.63) is 55.1 Å². The van der Waals surface area contributed by atoms with Crippen molar-refractivity contribution in [1.82, 2.24) is 20.1 Å². The topological polar surface area (TPSA) is 56.8 Å². The molecule has 1 aliphatic carbocycles. The first-order valence-corrected chi connectivity index (χ1v) is 10.7. The minimum Gasteiger partial charge on any atom is -0.343 e. The molecule has 1 aromatic carbocycles. The molecule has 0 bridgehead atoms. The van der Waals surface area contributed by atoms with Crippen LogP contribution >= 0.6 is 0 Å². The van der Waals surface area contributed by atoms with Crippen molar-refractivity contribution in [2.45, 2.75) is 33.1 Å². The molecule has 0 unspecified atom stereocenters. The SMILES string of the molecule is C=C(CN(CCC)C[C@H](C)C1CC1)Nc1cc2cc(-c3cn[nH]c3)ccc2cn1. The van der Waals surface area contributed by atoms with E-state index in [1.807, 2.05) is 18.6 Å². The third-order valence-electron chi connectivity index (χ3n) is 5.79. The van der Waals surface area contributed by atoms with Crippen LogP contribution in [0.25, 0.3) is 21.9 Å². The van der Waals surface area contributed by atoms with Crippen LogP contribution in [0.3, 0.4) is 0 Å². The molecular weight excluding hydrogens is 358 g/mol. The number of aromatic nitrogens is 3. The zero-order valence-electron chi connectivity index (χ0n) is 17.5. The average Bonchev–Trinajstić information content (AvgIpc) is 3.42. The molecule has 2 heterocycles. The second-order valence-corrected chi connectivity index (χ2v) is 8.40. The predicted molar refractivity (Wildman–Crippen MR) is 121 cm³/mol. The number of aromatic amines is 1. The Kier molecular flexibility index (Phi) is 5.95. The van der Waals surface area contributed by atoms with E-state index in [0.29, 0.717) is 0 Å². The number of nitrogens with one attached hydrogen (secondary N) is 2. The first-order chi connectivity index (χ1) is 14.1. The summed E-state index contributed by atoms with van der Waals surface area (Å²) >= 11 is 0. The quantitative estimate of drug-likeness (QED) is 0.493. The number of fused-ring (bicyclic) bond motifs is 1. The van der Waals surface area contributed by atoms with Gasteiger partial charge in [-0.15, -0.1) is 0 Å². The number of anilines is 1. The fraction of sp³-hybridized carbons (Fsp3) is 0.417. The Morgan fingerprint density at radius 3 is 2.83 bits per heavy atom. The molecule has 152 valence electrons. The van der Waals surface area contributed by atoms with Gasteiger partial charge in [0.2, 0.25) is 0 Å². The summed E-state index contributed by atoms with van der Waals surface area (Å²) < 4.78 is 0. The summed E-state index contributed by atoms with van der Waals surface area (Å²) in [5.74, 6) is 2.55. The molecule has 2 aromatic heterocycles. The number of nitrogens with zero attached hydrogens (tertiary/aromatic N) is 3. The third-order valence-corrected chi connectivity index (χ3v) is 5.79. The first-order valence-electron chi connectivity index (χ1n) is 10.7. The van der Waals surface area contributed by atoms with Gasteiger partial charge in [-0.05, 0) is 60.7 Å². The highest BCUT2D eigenvalue weighted by Crippen LogP contribution is 2.37. The van der Waals surface area contributed by atoms with Crippen LogP contribution in [0.2, 0.25) is 0 Å². The summed E-state index contributed by atoms with van der Waals surface area (Å²) in [6, 6.07) is 8.48. The number of pyridine rings is 1. The van der Waals surface area contributed by atoms with Crippen molar-refractivity contribution in [2.24, 2.45) is 11.8 Å². The Labute approximate surface area is 173 Å². The zero-order chi connectivity index (χ0) is 20.2. The maximum absolute atomic E-state index is 4.58. The molecule has 0 aliphatic heterocycles. The van der Waals surface area contributed by atoms with Gasteiger partial charge >= 0.3 is 0 Å². The number of hydrogen-bond acceptors (Lipinski definition) is 4. The summed E-state index contributed by atoms with van der Waals surface area (Å²) in [6.45, 7) is 12.0. The van der Waals surface area contributed by atoms with Crippen LogP contribution in [0, 0.1) is 11.8 Å². The molecule has 5 nitrogen and oxygen atoms in total. The van der Waals surface area contributed by atoms with Crippen LogP contribution in [0.4, 0.5) is 5.82 Å². The minimum atomic E-state index is 0.773. The lowest BCUT2D eigenvalue weighted by molar-refractivity contribution is 0.243. The molecule has 1 aliphatic rings. The Hall–Kier alpha value is -2.66. The lowest BCUT2D eigenvalue weighted by Gasteiger charge is -2.26. The number of H-pyrrole nitrogens is 1. The molecule has 1 fully saturated rings. The lowest BCUT2D eigenvalue weighted by Crippen LogP contribution is -2.33. The molecule has 0 amide bonds. The van der Waals surface area contributed by atoms with Gasteiger partial charge in [-0.1, -0.05) is 32.6 Å². The number of rotatable bonds is 10. The summed E-state index contributed by atoms with van der Waals surface area (Å²) in [5, 5.41) is 12.6. The molecule has 4 rings (SSSR count). The standard InChI is InChI=1S/C24H31N5/c1-4-9-29(15-17(2)19-5-6-19)16-18(3)28-24-11-22-10-20(23-13-26-27-14-23)7-8-21(22)12-25-24/h7-8,10-14,17,19H,3-6,9,15-16H2,1-2H3,(H,25,28)(H,26,27)/t17-/m0/s1. The van der Waals surface area contributed by atoms with Crippen LogP contribution in [0.5, 0.6) is 0 Å². The highest BCUT2D eigenvalue weighted by atomic mass is 15.1. The number of hydrogen-bond donors (Lipinski definition) is 2. The van der Waals surface area contributed by atoms with Gasteiger partial charge in [0.25, 0.3) is 0 Å². The van der Waals surface area contributed by atoms with Gasteiger partial charge in [0, 0.05) is 42.1 Å². The molecule has 1 saturated carbocycles. The van der Waals surface area contributed by atoms with Crippen LogP contribution in [0.15, 0.2) is 55.1 Å². The second kappa shape index (κ2) is 8.78. The van der Waals surface area contributed by atoms with Crippen molar-refractivity contribution in [1.29, 1.82) is 0 Å². The molecule has 2 N–H and O–H groups in total. The lowest BCUT2D eigenvalue weighted by atomic mass is 10.1. The molecule has 3 aromatic rings. The highest BCUT2D eigenvalue weighted by molar-refractivity contribution is 5.88. The molecule has 1 atom stereocenters. The molecule has 5 heteroatoms. The minimum absolute atomic E-state index is 0.773. The van der Waals surface area contributed by atoms with E-state index in [-0.39, 0.29) is 0 Å². The van der Waals surface area contributed by atoms with E-state index in [1.54, 1.807) is 0 Å². The van der Waals surface area contributed by atoms with Crippen LogP contribution in [0.1, 0.15) is 33.1 Å². The summed E-state index contributed by atoms with van der Waals surface area (Å²) in [6.07, 6.45) is 9.64. The molecule has 29 heavy (non-hydrogen) atoms. The molecule has 0 spiro atoms. The Morgan fingerprint density at radius 2 is 2.10 bits per heavy atom. The van der Waals surface area contributed by atoms with Crippen molar-refractivity contribution in [3.63, 3.8) is 0 Å². The summed E-state index contributed by atoms with van der Waals surface area (Å²) in [7, 11) is 0. The van der Waals surface area contributed by atoms with Crippen LogP contribution in [-0.2, 0) is 0 Å². The number of benzene rings is 1. The Morgan fingerprint density at radius 1 is 1.24 bits per heavy atom. The maximum Gasteiger partial charge on any atom is 0.130 e. The fourth-order valence-corrected chi connectivity index (χ4v) is 4.06. The van der Waals surface area contributed by atoms with Gasteiger partial charge in [0.1, 0.15) is 5.82 Å². The van der Waals surface area contributed by atoms with Crippen molar-refractivity contribution in [3.8, 4) is 11.1 Å². The van der Waals surface area contributed by atoms with E-state index in [2.05, 4.69) is 70.1 Å². The van der Waals surface area contributed by atoms with E-state index in [0.717, 1.165) is 71.3 Å². The molecule has 0 radical (unpaired) electrons. The predicted octanol–water partition coefficient (Wildman–Crippen LogP) is 5.31. The van der Waals surface area contributed by atoms with E-state index in [1.165, 1.54) is 12.8 Å². The maximum atomic E-state index is 4.58. The van der Waals surface area contributed by atoms with E-state index >= 15 is 0 Å². The van der Waals surface area contributed by atoms with E-state index in [9.17, 15) is 0 Å². The second-order valence-electron chi connectivity index (χ2n) is 8.40. The van der Waals surface area contributed by atoms with Gasteiger partial charge < -0.3 is 5.32 Å². The van der Waals surface area contributed by atoms with E-state index in [4.69, 9.17) is 0 Å². The van der Waals surface area contributed by atoms with Crippen molar-refractivity contribution < 1.29 is 0 Å². The Bertz CT molecular complexity index is 959. The van der Waals surface area contributed by atoms with Crippen LogP contribution < -0.4 is 5.32 Å². The van der Waals surface area contributed by atoms with Crippen molar-refractivity contribution in [2.75, 3.05) is 25.0 Å². The van der Waals surface area contributed by atoms with Crippen molar-refractivity contribution >= 4 is 16.6 Å². The van der Waals surface area contributed by atoms with Gasteiger partial charge in [0.05, 0.1) is 6.20 Å². The van der Waals surface area contributed by atoms with Gasteiger partial charge in [-0.2, -0.15) is 5.10 Å². The molecular formula is C24H31N5. The van der Waals surface area contributed by atoms with Gasteiger partial charge in [-0.3, -0.25) is 10.00 Å². The monoisotopic (exact) mass is 389 g/mol. The van der Waals surface area contributed by atoms with E-state index < -0.39 is 0 Å². The zero-order valence-corrected chi connectivity index (χ0v) is 17.5. The van der Waals surface area contributed by atoms with Crippen LogP contribution in [-0.4, -0.2) is 39.7 Å². The van der Waals surface area contributed by atoms with Gasteiger partial charge in [-0.25, -0.2) is 4.98 Å². The average molecular weight is 390 g/mol. The fourth-order valence-electron chi connectivity index (χ4n) is 4.06. The normalized spacial score (nSPS) is 15.0. The summed E-state index contributed by atoms with van der Waals surface area (Å²) in [4.78, 5) is 7.11. The van der Waals surface area contributed by atoms with Gasteiger partial charge in [0.15, 0.2) is 0 Å². The smallest absolute Gasteiger partial charge is 0.130 e. The Balaban J connectivity index is 1.43. The third kappa shape index (κ3) is 5.04. The first kappa shape index (κ1) is 19.6. The highest BCUT2D eigenvalue weighted by Gasteiger charge is 2.28. The molecule has 0 saturated heterocycles. The summed E-state index contributed by atoms with van der Waals surface area (Å²) in [5.41, 5.74) is 3.23.